The number of furan rings is 1. The van der Waals surface area contributed by atoms with Crippen LogP contribution in [0.2, 0.25) is 0 Å². The number of aromatic nitrogens is 3. The Balaban J connectivity index is 2.02. The lowest BCUT2D eigenvalue weighted by atomic mass is 10.2. The molecule has 5 heteroatoms. The van der Waals surface area contributed by atoms with E-state index in [0.29, 0.717) is 4.77 Å². The van der Waals surface area contributed by atoms with Crippen molar-refractivity contribution < 1.29 is 4.42 Å². The number of nitrogens with one attached hydrogen (secondary N) is 1. The van der Waals surface area contributed by atoms with Crippen LogP contribution in [0, 0.1) is 4.77 Å². The number of hydrogen-bond acceptors (Lipinski definition) is 3. The number of aromatic amines is 1. The fourth-order valence-electron chi connectivity index (χ4n) is 1.27. The standard InChI is InChI=1S/C9H11N3OS/c1-12-9(14)10-8(11-12)5-4-7-3-2-6-13-7/h2-3,6H,4-5H2,1H3,(H,10,11,14). The third-order valence-electron chi connectivity index (χ3n) is 2.00. The predicted octanol–water partition coefficient (Wildman–Crippen LogP) is 1.86. The van der Waals surface area contributed by atoms with Gasteiger partial charge in [0.1, 0.15) is 11.6 Å². The van der Waals surface area contributed by atoms with Gasteiger partial charge < -0.3 is 4.42 Å². The molecule has 1 N–H and O–H groups in total. The molecule has 0 spiro atoms. The highest BCUT2D eigenvalue weighted by atomic mass is 32.1. The predicted molar refractivity (Wildman–Crippen MR) is 54.5 cm³/mol. The Morgan fingerprint density at radius 3 is 3.00 bits per heavy atom. The molecular formula is C9H11N3OS. The van der Waals surface area contributed by atoms with E-state index in [9.17, 15) is 0 Å². The van der Waals surface area contributed by atoms with Gasteiger partial charge in [-0.3, -0.25) is 9.78 Å². The van der Waals surface area contributed by atoms with Crippen molar-refractivity contribution in [1.29, 1.82) is 0 Å². The molecule has 0 unspecified atom stereocenters. The second-order valence-electron chi connectivity index (χ2n) is 3.09. The van der Waals surface area contributed by atoms with Crippen molar-refractivity contribution in [2.75, 3.05) is 0 Å². The number of aryl methyl sites for hydroxylation is 3. The maximum atomic E-state index is 5.22. The first kappa shape index (κ1) is 9.21. The third-order valence-corrected chi connectivity index (χ3v) is 2.37. The summed E-state index contributed by atoms with van der Waals surface area (Å²) in [7, 11) is 1.85. The first-order valence-corrected chi connectivity index (χ1v) is 4.81. The zero-order valence-electron chi connectivity index (χ0n) is 7.86. The van der Waals surface area contributed by atoms with Crippen LogP contribution in [-0.2, 0) is 19.9 Å². The Morgan fingerprint density at radius 1 is 1.57 bits per heavy atom. The summed E-state index contributed by atoms with van der Waals surface area (Å²) in [6, 6.07) is 3.84. The first-order chi connectivity index (χ1) is 6.75. The molecular weight excluding hydrogens is 198 g/mol. The van der Waals surface area contributed by atoms with Gasteiger partial charge in [0.2, 0.25) is 4.77 Å². The van der Waals surface area contributed by atoms with Gasteiger partial charge in [-0.15, -0.1) is 0 Å². The van der Waals surface area contributed by atoms with Gasteiger partial charge in [-0.1, -0.05) is 0 Å². The van der Waals surface area contributed by atoms with Gasteiger partial charge in [-0.25, -0.2) is 4.98 Å². The summed E-state index contributed by atoms with van der Waals surface area (Å²) in [6.45, 7) is 0. The van der Waals surface area contributed by atoms with Crippen LogP contribution in [0.5, 0.6) is 0 Å². The molecule has 0 bridgehead atoms. The largest absolute Gasteiger partial charge is 0.469 e. The molecule has 0 amide bonds. The molecule has 0 saturated heterocycles. The van der Waals surface area contributed by atoms with E-state index in [1.165, 1.54) is 0 Å². The van der Waals surface area contributed by atoms with Gasteiger partial charge in [0, 0.05) is 19.9 Å². The van der Waals surface area contributed by atoms with Crippen molar-refractivity contribution in [3.05, 3.63) is 34.8 Å². The molecule has 0 aromatic carbocycles. The van der Waals surface area contributed by atoms with Crippen molar-refractivity contribution in [1.82, 2.24) is 14.8 Å². The van der Waals surface area contributed by atoms with Crippen LogP contribution in [0.25, 0.3) is 0 Å². The Morgan fingerprint density at radius 2 is 2.43 bits per heavy atom. The van der Waals surface area contributed by atoms with E-state index >= 15 is 0 Å². The summed E-state index contributed by atoms with van der Waals surface area (Å²) in [4.78, 5) is 4.19. The van der Waals surface area contributed by atoms with E-state index in [4.69, 9.17) is 16.6 Å². The number of H-pyrrole nitrogens is 1. The van der Waals surface area contributed by atoms with Gasteiger partial charge in [0.05, 0.1) is 6.26 Å². The fraction of sp³-hybridized carbons (Fsp3) is 0.333. The quantitative estimate of drug-likeness (QED) is 0.785. The molecule has 0 aliphatic heterocycles. The molecule has 74 valence electrons. The maximum absolute atomic E-state index is 5.22. The molecule has 4 nitrogen and oxygen atoms in total. The van der Waals surface area contributed by atoms with Crippen LogP contribution < -0.4 is 0 Å². The molecule has 2 aromatic rings. The summed E-state index contributed by atoms with van der Waals surface area (Å²) in [6.07, 6.45) is 3.34. The Kier molecular flexibility index (Phi) is 2.49. The van der Waals surface area contributed by atoms with Gasteiger partial charge >= 0.3 is 0 Å². The SMILES string of the molecule is Cn1[nH]c(CCc2ccco2)nc1=S. The van der Waals surface area contributed by atoms with E-state index in [2.05, 4.69) is 10.1 Å². The van der Waals surface area contributed by atoms with E-state index in [-0.39, 0.29) is 0 Å². The average molecular weight is 209 g/mol. The van der Waals surface area contributed by atoms with E-state index in [1.807, 2.05) is 19.2 Å². The van der Waals surface area contributed by atoms with Crippen molar-refractivity contribution in [3.8, 4) is 0 Å². The summed E-state index contributed by atoms with van der Waals surface area (Å²) in [5.74, 6) is 1.86. The number of rotatable bonds is 3. The lowest BCUT2D eigenvalue weighted by Gasteiger charge is -1.93. The summed E-state index contributed by atoms with van der Waals surface area (Å²) in [5.41, 5.74) is 0. The molecule has 2 heterocycles. The van der Waals surface area contributed by atoms with Crippen LogP contribution >= 0.6 is 12.2 Å². The Labute approximate surface area is 86.6 Å². The zero-order valence-corrected chi connectivity index (χ0v) is 8.67. The van der Waals surface area contributed by atoms with E-state index < -0.39 is 0 Å². The van der Waals surface area contributed by atoms with Gasteiger partial charge in [0.15, 0.2) is 0 Å². The molecule has 2 aromatic heterocycles. The average Bonchev–Trinajstić information content (AvgIpc) is 2.74. The highest BCUT2D eigenvalue weighted by Gasteiger charge is 2.01. The number of hydrogen-bond donors (Lipinski definition) is 1. The van der Waals surface area contributed by atoms with Gasteiger partial charge in [-0.05, 0) is 24.4 Å². The third kappa shape index (κ3) is 1.93. The molecule has 0 aliphatic rings. The van der Waals surface area contributed by atoms with Gasteiger partial charge in [-0.2, -0.15) is 0 Å². The van der Waals surface area contributed by atoms with Crippen LogP contribution in [-0.4, -0.2) is 14.8 Å². The van der Waals surface area contributed by atoms with Crippen molar-refractivity contribution in [2.45, 2.75) is 12.8 Å². The molecule has 0 atom stereocenters. The monoisotopic (exact) mass is 209 g/mol. The van der Waals surface area contributed by atoms with Crippen molar-refractivity contribution in [3.63, 3.8) is 0 Å². The number of nitrogens with zero attached hydrogens (tertiary/aromatic N) is 2. The van der Waals surface area contributed by atoms with Crippen LogP contribution in [0.3, 0.4) is 0 Å². The summed E-state index contributed by atoms with van der Waals surface area (Å²) < 4.78 is 7.53. The second-order valence-corrected chi connectivity index (χ2v) is 3.46. The van der Waals surface area contributed by atoms with Crippen molar-refractivity contribution >= 4 is 12.2 Å². The molecule has 0 aliphatic carbocycles. The van der Waals surface area contributed by atoms with E-state index in [0.717, 1.165) is 24.4 Å². The fourth-order valence-corrected chi connectivity index (χ4v) is 1.42. The Hall–Kier alpha value is -1.36. The normalized spacial score (nSPS) is 10.6. The minimum atomic E-state index is 0.583. The summed E-state index contributed by atoms with van der Waals surface area (Å²) >= 11 is 4.99. The second kappa shape index (κ2) is 3.79. The molecule has 0 fully saturated rings. The molecule has 14 heavy (non-hydrogen) atoms. The lowest BCUT2D eigenvalue weighted by Crippen LogP contribution is -1.94. The van der Waals surface area contributed by atoms with Crippen LogP contribution in [0.15, 0.2) is 22.8 Å². The van der Waals surface area contributed by atoms with E-state index in [1.54, 1.807) is 10.9 Å². The lowest BCUT2D eigenvalue weighted by molar-refractivity contribution is 0.506. The van der Waals surface area contributed by atoms with Crippen LogP contribution in [0.1, 0.15) is 11.6 Å². The minimum Gasteiger partial charge on any atom is -0.469 e. The maximum Gasteiger partial charge on any atom is 0.215 e. The molecule has 0 radical (unpaired) electrons. The Bertz CT molecular complexity index is 455. The summed E-state index contributed by atoms with van der Waals surface area (Å²) in [5, 5.41) is 3.07. The molecule has 2 rings (SSSR count). The molecule has 0 saturated carbocycles. The van der Waals surface area contributed by atoms with Crippen LogP contribution in [0.4, 0.5) is 0 Å². The van der Waals surface area contributed by atoms with Gasteiger partial charge in [0.25, 0.3) is 0 Å². The highest BCUT2D eigenvalue weighted by molar-refractivity contribution is 7.71. The highest BCUT2D eigenvalue weighted by Crippen LogP contribution is 2.04. The first-order valence-electron chi connectivity index (χ1n) is 4.40. The minimum absolute atomic E-state index is 0.583. The zero-order chi connectivity index (χ0) is 9.97. The topological polar surface area (TPSA) is 46.8 Å². The smallest absolute Gasteiger partial charge is 0.215 e. The van der Waals surface area contributed by atoms with Crippen molar-refractivity contribution in [2.24, 2.45) is 7.05 Å².